The van der Waals surface area contributed by atoms with Crippen molar-refractivity contribution < 1.29 is 5.11 Å². The fraction of sp³-hybridized carbons (Fsp3) is 0.400. The number of rotatable bonds is 1. The van der Waals surface area contributed by atoms with Crippen molar-refractivity contribution in [2.75, 3.05) is 0 Å². The van der Waals surface area contributed by atoms with E-state index in [1.54, 1.807) is 11.3 Å². The van der Waals surface area contributed by atoms with Gasteiger partial charge in [0.1, 0.15) is 5.75 Å². The van der Waals surface area contributed by atoms with Crippen molar-refractivity contribution in [1.29, 1.82) is 0 Å². The molecule has 2 rings (SSSR count). The molecule has 0 atom stereocenters. The molecule has 0 aliphatic heterocycles. The molecular formula is C20H23BrOS. The Morgan fingerprint density at radius 2 is 1.48 bits per heavy atom. The van der Waals surface area contributed by atoms with Crippen molar-refractivity contribution in [2.45, 2.75) is 52.4 Å². The molecule has 0 unspecified atom stereocenters. The number of thiophene rings is 1. The number of hydrogen-bond acceptors (Lipinski definition) is 2. The van der Waals surface area contributed by atoms with Gasteiger partial charge in [0.2, 0.25) is 0 Å². The van der Waals surface area contributed by atoms with E-state index in [-0.39, 0.29) is 10.8 Å². The van der Waals surface area contributed by atoms with Gasteiger partial charge in [0.05, 0.1) is 8.66 Å². The van der Waals surface area contributed by atoms with Crippen LogP contribution in [0.1, 0.15) is 57.5 Å². The Kier molecular flexibility index (Phi) is 4.72. The molecule has 0 aliphatic carbocycles. The van der Waals surface area contributed by atoms with Crippen LogP contribution in [0.5, 0.6) is 5.75 Å². The van der Waals surface area contributed by atoms with E-state index in [9.17, 15) is 5.11 Å². The largest absolute Gasteiger partial charge is 0.507 e. The smallest absolute Gasteiger partial charge is 0.123 e. The summed E-state index contributed by atoms with van der Waals surface area (Å²) in [5.41, 5.74) is 3.70. The Morgan fingerprint density at radius 3 is 1.87 bits per heavy atom. The fourth-order valence-electron chi connectivity index (χ4n) is 2.62. The second-order valence-corrected chi connectivity index (χ2v) is 10.3. The molecule has 23 heavy (non-hydrogen) atoms. The molecule has 1 aromatic carbocycles. The van der Waals surface area contributed by atoms with Crippen molar-refractivity contribution in [3.63, 3.8) is 0 Å². The van der Waals surface area contributed by atoms with E-state index in [4.69, 9.17) is 6.42 Å². The van der Waals surface area contributed by atoms with Crippen LogP contribution in [0.3, 0.4) is 0 Å². The second kappa shape index (κ2) is 6.00. The maximum atomic E-state index is 10.8. The van der Waals surface area contributed by atoms with Crippen molar-refractivity contribution >= 4 is 27.3 Å². The molecule has 1 N–H and O–H groups in total. The van der Waals surface area contributed by atoms with E-state index >= 15 is 0 Å². The molecule has 0 radical (unpaired) electrons. The van der Waals surface area contributed by atoms with Gasteiger partial charge in [-0.25, -0.2) is 0 Å². The van der Waals surface area contributed by atoms with Crippen molar-refractivity contribution in [2.24, 2.45) is 0 Å². The van der Waals surface area contributed by atoms with Crippen LogP contribution in [0.15, 0.2) is 22.0 Å². The lowest BCUT2D eigenvalue weighted by molar-refractivity contribution is 0.423. The Balaban J connectivity index is 2.83. The first-order chi connectivity index (χ1) is 10.4. The maximum Gasteiger partial charge on any atom is 0.123 e. The monoisotopic (exact) mass is 390 g/mol. The van der Waals surface area contributed by atoms with E-state index in [1.165, 1.54) is 0 Å². The highest BCUT2D eigenvalue weighted by Crippen LogP contribution is 2.43. The van der Waals surface area contributed by atoms with Crippen LogP contribution in [-0.4, -0.2) is 5.11 Å². The highest BCUT2D eigenvalue weighted by Gasteiger charge is 2.27. The standard InChI is InChI=1S/C20H23BrOS/c1-8-16-13(11-17(21)23-16)12-9-14(19(2,3)4)18(22)15(10-12)20(5,6)7/h1,9-11,22H,2-7H3. The number of halogens is 1. The maximum absolute atomic E-state index is 10.8. The topological polar surface area (TPSA) is 20.2 Å². The van der Waals surface area contributed by atoms with E-state index in [0.717, 1.165) is 30.9 Å². The SMILES string of the molecule is C#Cc1sc(Br)cc1-c1cc(C(C)(C)C)c(O)c(C(C)(C)C)c1. The summed E-state index contributed by atoms with van der Waals surface area (Å²) in [5, 5.41) is 10.8. The van der Waals surface area contributed by atoms with Crippen LogP contribution in [-0.2, 0) is 10.8 Å². The molecule has 0 amide bonds. The van der Waals surface area contributed by atoms with E-state index in [0.29, 0.717) is 5.75 Å². The van der Waals surface area contributed by atoms with Gasteiger partial charge in [0.25, 0.3) is 0 Å². The summed E-state index contributed by atoms with van der Waals surface area (Å²) in [6, 6.07) is 6.20. The minimum atomic E-state index is -0.149. The van der Waals surface area contributed by atoms with Crippen LogP contribution >= 0.6 is 27.3 Å². The van der Waals surface area contributed by atoms with E-state index < -0.39 is 0 Å². The highest BCUT2D eigenvalue weighted by molar-refractivity contribution is 9.11. The van der Waals surface area contributed by atoms with Gasteiger partial charge in [-0.1, -0.05) is 47.5 Å². The molecule has 0 bridgehead atoms. The number of benzene rings is 1. The molecule has 3 heteroatoms. The molecule has 2 aromatic rings. The molecule has 1 heterocycles. The molecule has 0 aliphatic rings. The first kappa shape index (κ1) is 18.1. The summed E-state index contributed by atoms with van der Waals surface area (Å²) in [5.74, 6) is 3.17. The number of phenolic OH excluding ortho intramolecular Hbond substituents is 1. The van der Waals surface area contributed by atoms with Crippen molar-refractivity contribution in [3.8, 4) is 29.2 Å². The summed E-state index contributed by atoms with van der Waals surface area (Å²) >= 11 is 5.08. The zero-order valence-corrected chi connectivity index (χ0v) is 16.9. The normalized spacial score (nSPS) is 12.3. The lowest BCUT2D eigenvalue weighted by Crippen LogP contribution is -2.17. The minimum absolute atomic E-state index is 0.149. The summed E-state index contributed by atoms with van der Waals surface area (Å²) in [4.78, 5) is 0.905. The summed E-state index contributed by atoms with van der Waals surface area (Å²) in [6.45, 7) is 12.7. The summed E-state index contributed by atoms with van der Waals surface area (Å²) in [6.07, 6.45) is 5.67. The fourth-order valence-corrected chi connectivity index (χ4v) is 4.05. The van der Waals surface area contributed by atoms with Gasteiger partial charge in [-0.2, -0.15) is 0 Å². The lowest BCUT2D eigenvalue weighted by Gasteiger charge is -2.28. The molecule has 0 saturated heterocycles. The van der Waals surface area contributed by atoms with Crippen LogP contribution in [0, 0.1) is 12.3 Å². The number of hydrogen-bond donors (Lipinski definition) is 1. The summed E-state index contributed by atoms with van der Waals surface area (Å²) in [7, 11) is 0. The van der Waals surface area contributed by atoms with Gasteiger partial charge in [-0.3, -0.25) is 0 Å². The van der Waals surface area contributed by atoms with Gasteiger partial charge in [0, 0.05) is 16.7 Å². The van der Waals surface area contributed by atoms with Crippen LogP contribution < -0.4 is 0 Å². The van der Waals surface area contributed by atoms with Gasteiger partial charge < -0.3 is 5.11 Å². The third-order valence-electron chi connectivity index (χ3n) is 3.87. The average Bonchev–Trinajstić information content (AvgIpc) is 2.77. The molecule has 0 saturated carbocycles. The molecule has 1 nitrogen and oxygen atoms in total. The van der Waals surface area contributed by atoms with Gasteiger partial charge in [0.15, 0.2) is 0 Å². The third-order valence-corrected chi connectivity index (χ3v) is 5.44. The quantitative estimate of drug-likeness (QED) is 0.553. The number of aromatic hydroxyl groups is 1. The molecular weight excluding hydrogens is 368 g/mol. The van der Waals surface area contributed by atoms with E-state index in [1.807, 2.05) is 0 Å². The van der Waals surface area contributed by atoms with Gasteiger partial charge in [-0.15, -0.1) is 17.8 Å². The van der Waals surface area contributed by atoms with E-state index in [2.05, 4.69) is 81.6 Å². The summed E-state index contributed by atoms with van der Waals surface area (Å²) < 4.78 is 1.02. The number of phenols is 1. The van der Waals surface area contributed by atoms with Gasteiger partial charge in [-0.05, 0) is 50.5 Å². The Bertz CT molecular complexity index is 744. The number of terminal acetylenes is 1. The lowest BCUT2D eigenvalue weighted by atomic mass is 9.78. The van der Waals surface area contributed by atoms with Crippen LogP contribution in [0.4, 0.5) is 0 Å². The third kappa shape index (κ3) is 3.65. The molecule has 0 spiro atoms. The van der Waals surface area contributed by atoms with Crippen molar-refractivity contribution in [3.05, 3.63) is 38.0 Å². The second-order valence-electron chi connectivity index (χ2n) is 7.86. The van der Waals surface area contributed by atoms with Crippen LogP contribution in [0.25, 0.3) is 11.1 Å². The molecule has 122 valence electrons. The first-order valence-electron chi connectivity index (χ1n) is 7.59. The zero-order valence-electron chi connectivity index (χ0n) is 14.5. The minimum Gasteiger partial charge on any atom is -0.507 e. The predicted octanol–water partition coefficient (Wildman–Crippen LogP) is 6.46. The average molecular weight is 391 g/mol. The highest BCUT2D eigenvalue weighted by atomic mass is 79.9. The Hall–Kier alpha value is -1.24. The van der Waals surface area contributed by atoms with Crippen LogP contribution in [0.2, 0.25) is 0 Å². The Morgan fingerprint density at radius 1 is 1.00 bits per heavy atom. The van der Waals surface area contributed by atoms with Gasteiger partial charge >= 0.3 is 0 Å². The zero-order chi connectivity index (χ0) is 17.6. The Labute approximate surface area is 151 Å². The molecule has 0 fully saturated rings. The van der Waals surface area contributed by atoms with Crippen molar-refractivity contribution in [1.82, 2.24) is 0 Å². The first-order valence-corrected chi connectivity index (χ1v) is 9.20. The molecule has 1 aromatic heterocycles. The predicted molar refractivity (Wildman–Crippen MR) is 104 cm³/mol.